The van der Waals surface area contributed by atoms with Crippen molar-refractivity contribution in [1.82, 2.24) is 10.3 Å². The minimum absolute atomic E-state index is 0.625. The predicted octanol–water partition coefficient (Wildman–Crippen LogP) is 4.20. The van der Waals surface area contributed by atoms with Gasteiger partial charge in [-0.1, -0.05) is 31.0 Å². The summed E-state index contributed by atoms with van der Waals surface area (Å²) in [4.78, 5) is 13.3. The number of benzene rings is 1. The molecule has 1 amide bonds. The molecule has 0 spiro atoms. The third kappa shape index (κ3) is 5.40. The highest BCUT2D eigenvalue weighted by atomic mass is 16.5. The first-order valence-corrected chi connectivity index (χ1v) is 8.04. The minimum atomic E-state index is 0.625. The number of aromatic nitrogens is 1. The van der Waals surface area contributed by atoms with Gasteiger partial charge in [0.05, 0.1) is 0 Å². The van der Waals surface area contributed by atoms with Crippen LogP contribution in [0.4, 0.5) is 0 Å². The Balaban J connectivity index is 0.000000433. The van der Waals surface area contributed by atoms with Crippen molar-refractivity contribution in [2.45, 2.75) is 38.5 Å². The Morgan fingerprint density at radius 2 is 1.78 bits per heavy atom. The third-order valence-electron chi connectivity index (χ3n) is 3.93. The molecule has 0 radical (unpaired) electrons. The summed E-state index contributed by atoms with van der Waals surface area (Å²) in [7, 11) is 1.56. The highest BCUT2D eigenvalue weighted by Gasteiger charge is 2.16. The molecule has 0 saturated heterocycles. The molecule has 1 fully saturated rings. The molecule has 122 valence electrons. The van der Waals surface area contributed by atoms with Gasteiger partial charge < -0.3 is 10.1 Å². The molecule has 0 unspecified atom stereocenters. The summed E-state index contributed by atoms with van der Waals surface area (Å²) in [6.07, 6.45) is 7.86. The first kappa shape index (κ1) is 17.0. The van der Waals surface area contributed by atoms with E-state index in [9.17, 15) is 0 Å². The second-order valence-electron chi connectivity index (χ2n) is 5.73. The SMILES string of the molecule is CNC=O.Cc1ccc(Oc2ccc(C3CCCC3)cc2)nc1. The Bertz CT molecular complexity index is 588. The number of hydrogen-bond donors (Lipinski definition) is 1. The van der Waals surface area contributed by atoms with Crippen molar-refractivity contribution >= 4 is 6.41 Å². The van der Waals surface area contributed by atoms with Gasteiger partial charge in [-0.15, -0.1) is 0 Å². The molecular formula is C19H24N2O2. The normalized spacial score (nSPS) is 13.8. The van der Waals surface area contributed by atoms with Crippen LogP contribution in [0, 0.1) is 6.92 Å². The van der Waals surface area contributed by atoms with E-state index in [0.29, 0.717) is 12.3 Å². The van der Waals surface area contributed by atoms with Gasteiger partial charge in [-0.3, -0.25) is 4.79 Å². The third-order valence-corrected chi connectivity index (χ3v) is 3.93. The topological polar surface area (TPSA) is 51.2 Å². The Kier molecular flexibility index (Phi) is 6.60. The van der Waals surface area contributed by atoms with Crippen molar-refractivity contribution in [2.75, 3.05) is 7.05 Å². The van der Waals surface area contributed by atoms with Crippen molar-refractivity contribution in [1.29, 1.82) is 0 Å². The molecule has 1 heterocycles. The molecule has 0 bridgehead atoms. The van der Waals surface area contributed by atoms with E-state index in [-0.39, 0.29) is 0 Å². The average molecular weight is 312 g/mol. The molecule has 1 aliphatic rings. The van der Waals surface area contributed by atoms with Crippen molar-refractivity contribution in [2.24, 2.45) is 0 Å². The van der Waals surface area contributed by atoms with Crippen LogP contribution in [0.15, 0.2) is 42.6 Å². The number of carbonyl (C=O) groups is 1. The number of carbonyl (C=O) groups excluding carboxylic acids is 1. The van der Waals surface area contributed by atoms with E-state index >= 15 is 0 Å². The molecule has 1 N–H and O–H groups in total. The fourth-order valence-corrected chi connectivity index (χ4v) is 2.70. The number of ether oxygens (including phenoxy) is 1. The maximum absolute atomic E-state index is 9.06. The number of rotatable bonds is 4. The Morgan fingerprint density at radius 1 is 1.13 bits per heavy atom. The molecule has 4 nitrogen and oxygen atoms in total. The lowest BCUT2D eigenvalue weighted by Gasteiger charge is -2.10. The minimum Gasteiger partial charge on any atom is -0.439 e. The summed E-state index contributed by atoms with van der Waals surface area (Å²) in [5.74, 6) is 2.27. The zero-order chi connectivity index (χ0) is 16.5. The van der Waals surface area contributed by atoms with E-state index in [0.717, 1.165) is 17.2 Å². The standard InChI is InChI=1S/C17H19NO.C2H5NO/c1-13-6-11-17(18-12-13)19-16-9-7-15(8-10-16)14-4-2-3-5-14;1-3-2-4/h6-12,14H,2-5H2,1H3;2H,1H3,(H,3,4). The lowest BCUT2D eigenvalue weighted by Crippen LogP contribution is -1.98. The van der Waals surface area contributed by atoms with Gasteiger partial charge in [-0.25, -0.2) is 4.98 Å². The molecule has 1 aromatic carbocycles. The summed E-state index contributed by atoms with van der Waals surface area (Å²) in [5.41, 5.74) is 2.59. The lowest BCUT2D eigenvalue weighted by molar-refractivity contribution is -0.109. The van der Waals surface area contributed by atoms with Crippen LogP contribution in [0.1, 0.15) is 42.7 Å². The summed E-state index contributed by atoms with van der Waals surface area (Å²) in [6.45, 7) is 2.02. The van der Waals surface area contributed by atoms with Crippen LogP contribution in [-0.4, -0.2) is 18.4 Å². The zero-order valence-electron chi connectivity index (χ0n) is 13.8. The van der Waals surface area contributed by atoms with Gasteiger partial charge in [-0.2, -0.15) is 0 Å². The fourth-order valence-electron chi connectivity index (χ4n) is 2.70. The van der Waals surface area contributed by atoms with Crippen molar-refractivity contribution < 1.29 is 9.53 Å². The summed E-state index contributed by atoms with van der Waals surface area (Å²) in [6, 6.07) is 12.4. The van der Waals surface area contributed by atoms with Gasteiger partial charge in [0.15, 0.2) is 0 Å². The van der Waals surface area contributed by atoms with Gasteiger partial charge in [0.25, 0.3) is 0 Å². The summed E-state index contributed by atoms with van der Waals surface area (Å²) < 4.78 is 5.74. The molecule has 2 aromatic rings. The molecule has 1 aliphatic carbocycles. The average Bonchev–Trinajstić information content (AvgIpc) is 3.12. The van der Waals surface area contributed by atoms with Gasteiger partial charge in [0, 0.05) is 19.3 Å². The predicted molar refractivity (Wildman–Crippen MR) is 91.8 cm³/mol. The molecule has 0 aliphatic heterocycles. The van der Waals surface area contributed by atoms with E-state index in [1.165, 1.54) is 31.2 Å². The number of amides is 1. The van der Waals surface area contributed by atoms with Crippen LogP contribution in [0.2, 0.25) is 0 Å². The van der Waals surface area contributed by atoms with E-state index in [1.54, 1.807) is 7.05 Å². The molecule has 0 atom stereocenters. The van der Waals surface area contributed by atoms with Crippen LogP contribution < -0.4 is 10.1 Å². The van der Waals surface area contributed by atoms with Gasteiger partial charge in [0.2, 0.25) is 12.3 Å². The second kappa shape index (κ2) is 8.93. The maximum atomic E-state index is 9.06. The molecule has 1 saturated carbocycles. The molecular weight excluding hydrogens is 288 g/mol. The van der Waals surface area contributed by atoms with Crippen molar-refractivity contribution in [3.05, 3.63) is 53.7 Å². The lowest BCUT2D eigenvalue weighted by atomic mass is 9.98. The quantitative estimate of drug-likeness (QED) is 0.861. The summed E-state index contributed by atoms with van der Waals surface area (Å²) in [5, 5.41) is 2.25. The number of hydrogen-bond acceptors (Lipinski definition) is 3. The monoisotopic (exact) mass is 312 g/mol. The highest BCUT2D eigenvalue weighted by Crippen LogP contribution is 2.34. The van der Waals surface area contributed by atoms with E-state index in [2.05, 4.69) is 34.6 Å². The smallest absolute Gasteiger partial charge is 0.219 e. The Labute approximate surface area is 137 Å². The molecule has 3 rings (SSSR count). The number of aryl methyl sites for hydroxylation is 1. The molecule has 4 heteroatoms. The van der Waals surface area contributed by atoms with E-state index in [4.69, 9.17) is 9.53 Å². The van der Waals surface area contributed by atoms with E-state index in [1.807, 2.05) is 25.3 Å². The molecule has 23 heavy (non-hydrogen) atoms. The van der Waals surface area contributed by atoms with Crippen LogP contribution in [0.25, 0.3) is 0 Å². The Morgan fingerprint density at radius 3 is 2.30 bits per heavy atom. The van der Waals surface area contributed by atoms with Crippen molar-refractivity contribution in [3.63, 3.8) is 0 Å². The summed E-state index contributed by atoms with van der Waals surface area (Å²) >= 11 is 0. The Hall–Kier alpha value is -2.36. The zero-order valence-corrected chi connectivity index (χ0v) is 13.8. The first-order valence-electron chi connectivity index (χ1n) is 8.04. The van der Waals surface area contributed by atoms with Crippen LogP contribution in [0.5, 0.6) is 11.6 Å². The maximum Gasteiger partial charge on any atom is 0.219 e. The number of nitrogens with one attached hydrogen (secondary N) is 1. The van der Waals surface area contributed by atoms with Gasteiger partial charge >= 0.3 is 0 Å². The van der Waals surface area contributed by atoms with Gasteiger partial charge in [0.1, 0.15) is 5.75 Å². The number of pyridine rings is 1. The number of nitrogens with zero attached hydrogens (tertiary/aromatic N) is 1. The van der Waals surface area contributed by atoms with Crippen molar-refractivity contribution in [3.8, 4) is 11.6 Å². The van der Waals surface area contributed by atoms with Crippen LogP contribution in [-0.2, 0) is 4.79 Å². The fraction of sp³-hybridized carbons (Fsp3) is 0.368. The van der Waals surface area contributed by atoms with Crippen LogP contribution in [0.3, 0.4) is 0 Å². The van der Waals surface area contributed by atoms with Gasteiger partial charge in [-0.05, 0) is 48.9 Å². The highest BCUT2D eigenvalue weighted by molar-refractivity contribution is 5.44. The largest absolute Gasteiger partial charge is 0.439 e. The molecule has 1 aromatic heterocycles. The van der Waals surface area contributed by atoms with Crippen LogP contribution >= 0.6 is 0 Å². The second-order valence-corrected chi connectivity index (χ2v) is 5.73. The first-order chi connectivity index (χ1) is 11.2. The van der Waals surface area contributed by atoms with E-state index < -0.39 is 0 Å².